The number of nitrogens with zero attached hydrogens (tertiary/aromatic N) is 2. The largest absolute Gasteiger partial charge is 0.337 e. The van der Waals surface area contributed by atoms with Gasteiger partial charge in [0, 0.05) is 25.2 Å². The van der Waals surface area contributed by atoms with Crippen LogP contribution in [0.25, 0.3) is 0 Å². The third kappa shape index (κ3) is 3.50. The summed E-state index contributed by atoms with van der Waals surface area (Å²) in [4.78, 5) is 14.4. The first-order valence-corrected chi connectivity index (χ1v) is 7.63. The second kappa shape index (κ2) is 6.11. The summed E-state index contributed by atoms with van der Waals surface area (Å²) in [6.07, 6.45) is 3.60. The molecule has 2 aliphatic rings. The molecule has 2 fully saturated rings. The molecule has 1 amide bonds. The summed E-state index contributed by atoms with van der Waals surface area (Å²) < 4.78 is 0. The van der Waals surface area contributed by atoms with Crippen molar-refractivity contribution in [2.75, 3.05) is 19.6 Å². The molecule has 0 aromatic heterocycles. The number of hydrogen-bond acceptors (Lipinski definition) is 4. The van der Waals surface area contributed by atoms with Crippen LogP contribution >= 0.6 is 0 Å². The van der Waals surface area contributed by atoms with Gasteiger partial charge in [-0.25, -0.2) is 0 Å². The van der Waals surface area contributed by atoms with Gasteiger partial charge in [-0.2, -0.15) is 5.26 Å². The number of likely N-dealkylation sites (tertiary alicyclic amines) is 1. The second-order valence-corrected chi connectivity index (χ2v) is 6.68. The van der Waals surface area contributed by atoms with Gasteiger partial charge in [0.15, 0.2) is 0 Å². The fourth-order valence-corrected chi connectivity index (χ4v) is 2.99. The standard InChI is InChI=1S/C15H26N4O/c1-11(2)15(3,10-16)18-14(20)9-19-7-6-12-4-5-13(8-19)17-12/h11-13,17H,4-9H2,1-3H3,(H,18,20). The number of hydrogen-bond donors (Lipinski definition) is 2. The highest BCUT2D eigenvalue weighted by Crippen LogP contribution is 2.20. The average molecular weight is 278 g/mol. The van der Waals surface area contributed by atoms with Crippen molar-refractivity contribution in [2.45, 2.75) is 57.7 Å². The Morgan fingerprint density at radius 2 is 2.15 bits per heavy atom. The van der Waals surface area contributed by atoms with Crippen LogP contribution in [0.2, 0.25) is 0 Å². The third-order valence-electron chi connectivity index (χ3n) is 4.76. The Morgan fingerprint density at radius 1 is 1.45 bits per heavy atom. The van der Waals surface area contributed by atoms with Crippen molar-refractivity contribution in [1.29, 1.82) is 5.26 Å². The summed E-state index contributed by atoms with van der Waals surface area (Å²) in [7, 11) is 0. The maximum Gasteiger partial charge on any atom is 0.235 e. The van der Waals surface area contributed by atoms with Crippen LogP contribution in [-0.4, -0.2) is 48.1 Å². The van der Waals surface area contributed by atoms with Crippen molar-refractivity contribution >= 4 is 5.91 Å². The summed E-state index contributed by atoms with van der Waals surface area (Å²) in [6.45, 7) is 8.01. The van der Waals surface area contributed by atoms with Gasteiger partial charge in [0.05, 0.1) is 12.6 Å². The smallest absolute Gasteiger partial charge is 0.235 e. The van der Waals surface area contributed by atoms with E-state index in [9.17, 15) is 10.1 Å². The Morgan fingerprint density at radius 3 is 2.80 bits per heavy atom. The number of fused-ring (bicyclic) bond motifs is 2. The number of carbonyl (C=O) groups is 1. The van der Waals surface area contributed by atoms with Crippen LogP contribution in [0.1, 0.15) is 40.0 Å². The summed E-state index contributed by atoms with van der Waals surface area (Å²) in [5, 5.41) is 15.8. The topological polar surface area (TPSA) is 68.2 Å². The molecule has 112 valence electrons. The van der Waals surface area contributed by atoms with Crippen LogP contribution < -0.4 is 10.6 Å². The van der Waals surface area contributed by atoms with E-state index in [-0.39, 0.29) is 11.8 Å². The van der Waals surface area contributed by atoms with Gasteiger partial charge >= 0.3 is 0 Å². The lowest BCUT2D eigenvalue weighted by molar-refractivity contribution is -0.123. The van der Waals surface area contributed by atoms with E-state index in [0.29, 0.717) is 18.6 Å². The highest BCUT2D eigenvalue weighted by atomic mass is 16.2. The molecule has 2 bridgehead atoms. The quantitative estimate of drug-likeness (QED) is 0.800. The SMILES string of the molecule is CC(C)C(C)(C#N)NC(=O)CN1CCC2CCC(C1)N2. The molecule has 2 rings (SSSR count). The minimum Gasteiger partial charge on any atom is -0.337 e. The second-order valence-electron chi connectivity index (χ2n) is 6.68. The van der Waals surface area contributed by atoms with Gasteiger partial charge in [0.2, 0.25) is 5.91 Å². The van der Waals surface area contributed by atoms with Gasteiger partial charge in [0.1, 0.15) is 5.54 Å². The van der Waals surface area contributed by atoms with Crippen molar-refractivity contribution in [2.24, 2.45) is 5.92 Å². The molecule has 2 N–H and O–H groups in total. The van der Waals surface area contributed by atoms with Crippen LogP contribution in [0.4, 0.5) is 0 Å². The molecule has 2 aliphatic heterocycles. The van der Waals surface area contributed by atoms with E-state index in [4.69, 9.17) is 0 Å². The molecule has 0 spiro atoms. The monoisotopic (exact) mass is 278 g/mol. The Kier molecular flexibility index (Phi) is 4.66. The molecule has 3 unspecified atom stereocenters. The molecular weight excluding hydrogens is 252 g/mol. The van der Waals surface area contributed by atoms with Crippen LogP contribution in [0.5, 0.6) is 0 Å². The highest BCUT2D eigenvalue weighted by Gasteiger charge is 2.33. The molecule has 0 saturated carbocycles. The van der Waals surface area contributed by atoms with E-state index in [0.717, 1.165) is 19.5 Å². The lowest BCUT2D eigenvalue weighted by Gasteiger charge is -2.29. The average Bonchev–Trinajstić information content (AvgIpc) is 2.72. The number of amides is 1. The zero-order chi connectivity index (χ0) is 14.8. The first-order chi connectivity index (χ1) is 9.43. The lowest BCUT2D eigenvalue weighted by Crippen LogP contribution is -2.52. The van der Waals surface area contributed by atoms with Gasteiger partial charge < -0.3 is 10.6 Å². The van der Waals surface area contributed by atoms with Crippen molar-refractivity contribution in [3.8, 4) is 6.07 Å². The number of nitriles is 1. The Labute approximate surface area is 121 Å². The molecule has 5 heteroatoms. The molecule has 3 atom stereocenters. The molecule has 5 nitrogen and oxygen atoms in total. The minimum absolute atomic E-state index is 0.0412. The van der Waals surface area contributed by atoms with Crippen LogP contribution in [0.15, 0.2) is 0 Å². The summed E-state index contributed by atoms with van der Waals surface area (Å²) in [5.41, 5.74) is -0.778. The van der Waals surface area contributed by atoms with Crippen molar-refractivity contribution < 1.29 is 4.79 Å². The van der Waals surface area contributed by atoms with Crippen molar-refractivity contribution in [1.82, 2.24) is 15.5 Å². The van der Waals surface area contributed by atoms with E-state index in [1.54, 1.807) is 6.92 Å². The number of carbonyl (C=O) groups excluding carboxylic acids is 1. The van der Waals surface area contributed by atoms with Gasteiger partial charge in [-0.15, -0.1) is 0 Å². The molecule has 2 saturated heterocycles. The van der Waals surface area contributed by atoms with Crippen molar-refractivity contribution in [3.63, 3.8) is 0 Å². The Hall–Kier alpha value is -1.12. The maximum absolute atomic E-state index is 12.2. The van der Waals surface area contributed by atoms with Crippen LogP contribution in [-0.2, 0) is 4.79 Å². The predicted molar refractivity (Wildman–Crippen MR) is 78.0 cm³/mol. The number of rotatable bonds is 4. The number of nitrogens with one attached hydrogen (secondary N) is 2. The third-order valence-corrected chi connectivity index (χ3v) is 4.76. The maximum atomic E-state index is 12.2. The van der Waals surface area contributed by atoms with E-state index >= 15 is 0 Å². The predicted octanol–water partition coefficient (Wildman–Crippen LogP) is 0.867. The zero-order valence-corrected chi connectivity index (χ0v) is 12.8. The zero-order valence-electron chi connectivity index (χ0n) is 12.8. The minimum atomic E-state index is -0.778. The molecule has 0 radical (unpaired) electrons. The fourth-order valence-electron chi connectivity index (χ4n) is 2.99. The molecule has 2 heterocycles. The Bertz CT molecular complexity index is 403. The summed E-state index contributed by atoms with van der Waals surface area (Å²) >= 11 is 0. The van der Waals surface area contributed by atoms with Gasteiger partial charge in [-0.3, -0.25) is 9.69 Å². The van der Waals surface area contributed by atoms with Crippen molar-refractivity contribution in [3.05, 3.63) is 0 Å². The fraction of sp³-hybridized carbons (Fsp3) is 0.867. The van der Waals surface area contributed by atoms with E-state index in [2.05, 4.69) is 21.6 Å². The van der Waals surface area contributed by atoms with Gasteiger partial charge in [0.25, 0.3) is 0 Å². The van der Waals surface area contributed by atoms with Gasteiger partial charge in [-0.05, 0) is 32.1 Å². The van der Waals surface area contributed by atoms with E-state index in [1.807, 2.05) is 13.8 Å². The molecular formula is C15H26N4O. The highest BCUT2D eigenvalue weighted by molar-refractivity contribution is 5.79. The van der Waals surface area contributed by atoms with E-state index < -0.39 is 5.54 Å². The molecule has 0 aliphatic carbocycles. The summed E-state index contributed by atoms with van der Waals surface area (Å²) in [6, 6.07) is 3.39. The summed E-state index contributed by atoms with van der Waals surface area (Å²) in [5.74, 6) is 0.0544. The van der Waals surface area contributed by atoms with E-state index in [1.165, 1.54) is 12.8 Å². The lowest BCUT2D eigenvalue weighted by atomic mass is 9.90. The van der Waals surface area contributed by atoms with Crippen LogP contribution in [0.3, 0.4) is 0 Å². The molecule has 0 aromatic rings. The Balaban J connectivity index is 1.87. The first kappa shape index (κ1) is 15.3. The molecule has 0 aromatic carbocycles. The van der Waals surface area contributed by atoms with Gasteiger partial charge in [-0.1, -0.05) is 13.8 Å². The van der Waals surface area contributed by atoms with Crippen LogP contribution in [0, 0.1) is 17.2 Å². The normalized spacial score (nSPS) is 29.6. The molecule has 20 heavy (non-hydrogen) atoms. The first-order valence-electron chi connectivity index (χ1n) is 7.63.